The molecule has 1 heterocycles. The molecule has 0 fully saturated rings. The fourth-order valence-corrected chi connectivity index (χ4v) is 2.95. The van der Waals surface area contributed by atoms with Crippen LogP contribution in [0, 0.1) is 18.3 Å². The molecule has 2 N–H and O–H groups in total. The Morgan fingerprint density at radius 2 is 2.08 bits per heavy atom. The molecule has 0 bridgehead atoms. The number of nitrogens with zero attached hydrogens (tertiary/aromatic N) is 1. The molecular formula is C20H24N2O4. The summed E-state index contributed by atoms with van der Waals surface area (Å²) < 4.78 is 16.3. The molecular weight excluding hydrogens is 332 g/mol. The number of nitriles is 1. The van der Waals surface area contributed by atoms with E-state index >= 15 is 0 Å². The van der Waals surface area contributed by atoms with Gasteiger partial charge in [-0.3, -0.25) is 0 Å². The average Bonchev–Trinajstić information content (AvgIpc) is 2.59. The van der Waals surface area contributed by atoms with Crippen molar-refractivity contribution in [2.24, 2.45) is 5.73 Å². The number of benzene rings is 1. The van der Waals surface area contributed by atoms with Gasteiger partial charge in [0.05, 0.1) is 24.7 Å². The molecule has 6 nitrogen and oxygen atoms in total. The van der Waals surface area contributed by atoms with Crippen LogP contribution in [0.4, 0.5) is 0 Å². The van der Waals surface area contributed by atoms with Gasteiger partial charge in [0.1, 0.15) is 23.2 Å². The van der Waals surface area contributed by atoms with Crippen LogP contribution in [0.25, 0.3) is 0 Å². The van der Waals surface area contributed by atoms with Crippen molar-refractivity contribution in [2.45, 2.75) is 40.0 Å². The minimum Gasteiger partial charge on any atom is -0.494 e. The van der Waals surface area contributed by atoms with Gasteiger partial charge in [-0.05, 0) is 50.5 Å². The normalized spacial score (nSPS) is 16.8. The maximum absolute atomic E-state index is 12.5. The molecule has 0 spiro atoms. The van der Waals surface area contributed by atoms with E-state index in [1.807, 2.05) is 32.0 Å². The largest absolute Gasteiger partial charge is 0.494 e. The summed E-state index contributed by atoms with van der Waals surface area (Å²) in [4.78, 5) is 12.5. The summed E-state index contributed by atoms with van der Waals surface area (Å²) in [6, 6.07) is 7.66. The summed E-state index contributed by atoms with van der Waals surface area (Å²) in [5.74, 6) is -0.0487. The lowest BCUT2D eigenvalue weighted by molar-refractivity contribution is -0.139. The Kier molecular flexibility index (Phi) is 6.29. The van der Waals surface area contributed by atoms with Crippen LogP contribution in [0.2, 0.25) is 0 Å². The summed E-state index contributed by atoms with van der Waals surface area (Å²) in [6.45, 7) is 8.18. The van der Waals surface area contributed by atoms with Gasteiger partial charge in [-0.25, -0.2) is 4.79 Å². The topological polar surface area (TPSA) is 94.6 Å². The maximum atomic E-state index is 12.5. The molecule has 138 valence electrons. The first-order chi connectivity index (χ1) is 12.4. The average molecular weight is 356 g/mol. The zero-order valence-electron chi connectivity index (χ0n) is 15.6. The van der Waals surface area contributed by atoms with Gasteiger partial charge in [0.15, 0.2) is 0 Å². The van der Waals surface area contributed by atoms with Crippen LogP contribution in [-0.4, -0.2) is 19.2 Å². The second kappa shape index (κ2) is 8.43. The van der Waals surface area contributed by atoms with Crippen molar-refractivity contribution in [3.05, 3.63) is 52.1 Å². The lowest BCUT2D eigenvalue weighted by Gasteiger charge is -2.28. The molecule has 0 aliphatic carbocycles. The number of carbonyl (C=O) groups excluding carboxylic acids is 1. The highest BCUT2D eigenvalue weighted by atomic mass is 16.5. The van der Waals surface area contributed by atoms with Gasteiger partial charge in [-0.15, -0.1) is 0 Å². The van der Waals surface area contributed by atoms with E-state index in [2.05, 4.69) is 6.07 Å². The molecule has 1 aromatic rings. The molecule has 2 rings (SSSR count). The highest BCUT2D eigenvalue weighted by Gasteiger charge is 2.37. The van der Waals surface area contributed by atoms with E-state index in [-0.39, 0.29) is 18.1 Å². The Labute approximate surface area is 153 Å². The Morgan fingerprint density at radius 3 is 2.65 bits per heavy atom. The monoisotopic (exact) mass is 356 g/mol. The van der Waals surface area contributed by atoms with E-state index in [4.69, 9.17) is 19.9 Å². The lowest BCUT2D eigenvalue weighted by Crippen LogP contribution is -2.26. The van der Waals surface area contributed by atoms with Crippen molar-refractivity contribution < 1.29 is 19.0 Å². The molecule has 6 heteroatoms. The molecule has 26 heavy (non-hydrogen) atoms. The fraction of sp³-hybridized carbons (Fsp3) is 0.400. The third kappa shape index (κ3) is 3.83. The molecule has 1 atom stereocenters. The van der Waals surface area contributed by atoms with Gasteiger partial charge < -0.3 is 19.9 Å². The van der Waals surface area contributed by atoms with E-state index in [9.17, 15) is 10.1 Å². The molecule has 1 aromatic carbocycles. The van der Waals surface area contributed by atoms with E-state index in [0.29, 0.717) is 17.9 Å². The van der Waals surface area contributed by atoms with Crippen molar-refractivity contribution >= 4 is 5.97 Å². The third-order valence-corrected chi connectivity index (χ3v) is 4.13. The number of esters is 1. The van der Waals surface area contributed by atoms with Gasteiger partial charge in [-0.2, -0.15) is 5.26 Å². The SMILES string of the molecule is CCCOc1ccc(C2C(C#N)=C(N)OC(C)=C2C(=O)OCC)c(C)c1. The van der Waals surface area contributed by atoms with Crippen molar-refractivity contribution in [1.29, 1.82) is 5.26 Å². The van der Waals surface area contributed by atoms with Crippen LogP contribution in [-0.2, 0) is 14.3 Å². The standard InChI is InChI=1S/C20H24N2O4/c1-5-9-25-14-7-8-15(12(3)10-14)18-16(11-21)19(22)26-13(4)17(18)20(23)24-6-2/h7-8,10,18H,5-6,9,22H2,1-4H3. The first-order valence-electron chi connectivity index (χ1n) is 8.63. The maximum Gasteiger partial charge on any atom is 0.338 e. The fourth-order valence-electron chi connectivity index (χ4n) is 2.95. The molecule has 0 saturated heterocycles. The van der Waals surface area contributed by atoms with E-state index < -0.39 is 11.9 Å². The predicted molar refractivity (Wildman–Crippen MR) is 97.0 cm³/mol. The number of nitrogens with two attached hydrogens (primary N) is 1. The Morgan fingerprint density at radius 1 is 1.35 bits per heavy atom. The number of rotatable bonds is 6. The number of carbonyl (C=O) groups is 1. The van der Waals surface area contributed by atoms with Gasteiger partial charge in [0.2, 0.25) is 5.88 Å². The lowest BCUT2D eigenvalue weighted by atomic mass is 9.81. The molecule has 1 aliphatic heterocycles. The predicted octanol–water partition coefficient (Wildman–Crippen LogP) is 3.43. The van der Waals surface area contributed by atoms with E-state index in [1.54, 1.807) is 13.8 Å². The number of hydrogen-bond acceptors (Lipinski definition) is 6. The van der Waals surface area contributed by atoms with Crippen molar-refractivity contribution in [1.82, 2.24) is 0 Å². The smallest absolute Gasteiger partial charge is 0.338 e. The highest BCUT2D eigenvalue weighted by molar-refractivity contribution is 5.92. The zero-order chi connectivity index (χ0) is 19.3. The second-order valence-electron chi connectivity index (χ2n) is 5.98. The van der Waals surface area contributed by atoms with Crippen LogP contribution in [0.5, 0.6) is 5.75 Å². The van der Waals surface area contributed by atoms with Gasteiger partial charge in [0, 0.05) is 0 Å². The number of allylic oxidation sites excluding steroid dienone is 2. The third-order valence-electron chi connectivity index (χ3n) is 4.13. The van der Waals surface area contributed by atoms with Crippen molar-refractivity contribution in [2.75, 3.05) is 13.2 Å². The van der Waals surface area contributed by atoms with Gasteiger partial charge in [-0.1, -0.05) is 13.0 Å². The highest BCUT2D eigenvalue weighted by Crippen LogP contribution is 2.41. The van der Waals surface area contributed by atoms with Crippen LogP contribution < -0.4 is 10.5 Å². The first kappa shape index (κ1) is 19.4. The van der Waals surface area contributed by atoms with Gasteiger partial charge >= 0.3 is 5.97 Å². The minimum atomic E-state index is -0.631. The van der Waals surface area contributed by atoms with E-state index in [0.717, 1.165) is 23.3 Å². The summed E-state index contributed by atoms with van der Waals surface area (Å²) in [5, 5.41) is 9.60. The molecule has 0 aromatic heterocycles. The second-order valence-corrected chi connectivity index (χ2v) is 5.98. The Bertz CT molecular complexity index is 803. The Balaban J connectivity index is 2.55. The first-order valence-corrected chi connectivity index (χ1v) is 8.63. The van der Waals surface area contributed by atoms with Crippen molar-refractivity contribution in [3.8, 4) is 11.8 Å². The summed E-state index contributed by atoms with van der Waals surface area (Å²) in [5.41, 5.74) is 8.09. The number of ether oxygens (including phenoxy) is 3. The molecule has 1 unspecified atom stereocenters. The molecule has 0 amide bonds. The van der Waals surface area contributed by atoms with Crippen LogP contribution in [0.1, 0.15) is 44.2 Å². The van der Waals surface area contributed by atoms with Crippen LogP contribution in [0.15, 0.2) is 41.0 Å². The molecule has 1 aliphatic rings. The number of aryl methyl sites for hydroxylation is 1. The Hall–Kier alpha value is -2.94. The van der Waals surface area contributed by atoms with Crippen molar-refractivity contribution in [3.63, 3.8) is 0 Å². The minimum absolute atomic E-state index is 0.00811. The van der Waals surface area contributed by atoms with Crippen LogP contribution >= 0.6 is 0 Å². The molecule has 0 radical (unpaired) electrons. The number of hydrogen-bond donors (Lipinski definition) is 1. The molecule has 0 saturated carbocycles. The van der Waals surface area contributed by atoms with Gasteiger partial charge in [0.25, 0.3) is 0 Å². The summed E-state index contributed by atoms with van der Waals surface area (Å²) in [6.07, 6.45) is 0.910. The van der Waals surface area contributed by atoms with Crippen LogP contribution in [0.3, 0.4) is 0 Å². The zero-order valence-corrected chi connectivity index (χ0v) is 15.6. The quantitative estimate of drug-likeness (QED) is 0.785. The summed E-state index contributed by atoms with van der Waals surface area (Å²) in [7, 11) is 0. The summed E-state index contributed by atoms with van der Waals surface area (Å²) >= 11 is 0. The van der Waals surface area contributed by atoms with E-state index in [1.165, 1.54) is 0 Å².